The number of alkyl halides is 1. The summed E-state index contributed by atoms with van der Waals surface area (Å²) >= 11 is 3.87. The molecule has 4 unspecified atom stereocenters. The molecule has 4 atom stereocenters. The highest BCUT2D eigenvalue weighted by Crippen LogP contribution is 2.43. The van der Waals surface area contributed by atoms with E-state index in [1.54, 1.807) is 6.92 Å². The molecule has 0 rings (SSSR count). The number of Topliss-reactive ketones (excluding diaryl/α,β-unsaturated/α-hetero) is 1. The molecule has 126 valence electrons. The lowest BCUT2D eigenvalue weighted by atomic mass is 9.67. The van der Waals surface area contributed by atoms with Crippen LogP contribution in [0, 0.1) is 17.3 Å². The molecule has 0 aromatic carbocycles. The molecule has 0 heterocycles. The van der Waals surface area contributed by atoms with Gasteiger partial charge in [0.15, 0.2) is 0 Å². The molecule has 0 spiro atoms. The second-order valence-electron chi connectivity index (χ2n) is 6.89. The Balaban J connectivity index is 4.99. The minimum atomic E-state index is -0.167. The molecule has 0 aliphatic rings. The van der Waals surface area contributed by atoms with E-state index in [1.165, 1.54) is 32.1 Å². The normalized spacial score (nSPS) is 18.8. The van der Waals surface area contributed by atoms with Gasteiger partial charge in [-0.05, 0) is 38.0 Å². The number of carbonyl (C=O) groups excluding carboxylic acids is 1. The largest absolute Gasteiger partial charge is 0.299 e. The maximum atomic E-state index is 12.4. The van der Waals surface area contributed by atoms with Crippen molar-refractivity contribution in [3.63, 3.8) is 0 Å². The van der Waals surface area contributed by atoms with Crippen molar-refractivity contribution in [2.75, 3.05) is 0 Å². The van der Waals surface area contributed by atoms with Gasteiger partial charge in [-0.1, -0.05) is 82.7 Å². The van der Waals surface area contributed by atoms with Crippen LogP contribution in [0.4, 0.5) is 0 Å². The monoisotopic (exact) mass is 360 g/mol. The summed E-state index contributed by atoms with van der Waals surface area (Å²) in [5.74, 6) is 1.61. The number of hydrogen-bond acceptors (Lipinski definition) is 1. The molecular weight excluding hydrogens is 324 g/mol. The Morgan fingerprint density at radius 1 is 1.00 bits per heavy atom. The van der Waals surface area contributed by atoms with E-state index in [9.17, 15) is 4.79 Å². The van der Waals surface area contributed by atoms with Gasteiger partial charge < -0.3 is 0 Å². The van der Waals surface area contributed by atoms with Gasteiger partial charge in [0, 0.05) is 10.2 Å². The first-order chi connectivity index (χ1) is 9.87. The van der Waals surface area contributed by atoms with Gasteiger partial charge in [0.2, 0.25) is 0 Å². The summed E-state index contributed by atoms with van der Waals surface area (Å²) in [6.07, 6.45) is 9.45. The minimum absolute atomic E-state index is 0.167. The number of rotatable bonds is 12. The number of halogens is 1. The van der Waals surface area contributed by atoms with Crippen molar-refractivity contribution < 1.29 is 4.79 Å². The molecule has 0 N–H and O–H groups in total. The van der Waals surface area contributed by atoms with Crippen molar-refractivity contribution in [2.24, 2.45) is 17.3 Å². The highest BCUT2D eigenvalue weighted by atomic mass is 79.9. The zero-order chi connectivity index (χ0) is 16.5. The second kappa shape index (κ2) is 10.8. The van der Waals surface area contributed by atoms with E-state index < -0.39 is 0 Å². The van der Waals surface area contributed by atoms with Crippen LogP contribution < -0.4 is 0 Å². The van der Waals surface area contributed by atoms with Crippen molar-refractivity contribution in [2.45, 2.75) is 97.7 Å². The minimum Gasteiger partial charge on any atom is -0.299 e. The maximum Gasteiger partial charge on any atom is 0.136 e. The molecule has 2 heteroatoms. The van der Waals surface area contributed by atoms with E-state index in [0.717, 1.165) is 25.2 Å². The molecule has 0 saturated heterocycles. The third kappa shape index (κ3) is 6.42. The van der Waals surface area contributed by atoms with E-state index in [4.69, 9.17) is 0 Å². The smallest absolute Gasteiger partial charge is 0.136 e. The van der Waals surface area contributed by atoms with Crippen LogP contribution in [0.15, 0.2) is 0 Å². The summed E-state index contributed by atoms with van der Waals surface area (Å²) in [5.41, 5.74) is -0.167. The standard InChI is InChI=1S/C19H37BrO/c1-7-11-16(9-3)13-14-19(6,15(5)21)17(10-4)18(20)12-8-2/h16-18H,7-14H2,1-6H3. The maximum absolute atomic E-state index is 12.4. The van der Waals surface area contributed by atoms with Gasteiger partial charge in [-0.2, -0.15) is 0 Å². The lowest BCUT2D eigenvalue weighted by Gasteiger charge is -2.39. The Kier molecular flexibility index (Phi) is 10.9. The van der Waals surface area contributed by atoms with Crippen molar-refractivity contribution in [1.29, 1.82) is 0 Å². The quantitative estimate of drug-likeness (QED) is 0.350. The van der Waals surface area contributed by atoms with Crippen molar-refractivity contribution in [3.8, 4) is 0 Å². The SMILES string of the molecule is CCCC(CC)CCC(C)(C(C)=O)C(CC)C(Br)CCC. The Bertz CT molecular complexity index is 289. The molecule has 0 amide bonds. The van der Waals surface area contributed by atoms with Gasteiger partial charge >= 0.3 is 0 Å². The highest BCUT2D eigenvalue weighted by Gasteiger charge is 2.40. The molecule has 0 fully saturated rings. The fourth-order valence-electron chi connectivity index (χ4n) is 3.67. The fraction of sp³-hybridized carbons (Fsp3) is 0.947. The van der Waals surface area contributed by atoms with Crippen LogP contribution in [-0.2, 0) is 4.79 Å². The topological polar surface area (TPSA) is 17.1 Å². The van der Waals surface area contributed by atoms with Crippen LogP contribution >= 0.6 is 15.9 Å². The van der Waals surface area contributed by atoms with Crippen LogP contribution in [0.2, 0.25) is 0 Å². The summed E-state index contributed by atoms with van der Waals surface area (Å²) < 4.78 is 0. The fourth-order valence-corrected chi connectivity index (χ4v) is 5.08. The molecule has 21 heavy (non-hydrogen) atoms. The third-order valence-electron chi connectivity index (χ3n) is 5.41. The van der Waals surface area contributed by atoms with E-state index in [-0.39, 0.29) is 5.41 Å². The van der Waals surface area contributed by atoms with Crippen molar-refractivity contribution in [1.82, 2.24) is 0 Å². The third-order valence-corrected chi connectivity index (χ3v) is 6.51. The Hall–Kier alpha value is 0.150. The first-order valence-electron chi connectivity index (χ1n) is 9.02. The first-order valence-corrected chi connectivity index (χ1v) is 9.93. The van der Waals surface area contributed by atoms with Crippen LogP contribution in [-0.4, -0.2) is 10.6 Å². The molecule has 0 aromatic rings. The lowest BCUT2D eigenvalue weighted by Crippen LogP contribution is -2.39. The number of hydrogen-bond donors (Lipinski definition) is 0. The van der Waals surface area contributed by atoms with Gasteiger partial charge in [0.25, 0.3) is 0 Å². The molecule has 0 aliphatic carbocycles. The zero-order valence-corrected chi connectivity index (χ0v) is 16.8. The summed E-state index contributed by atoms with van der Waals surface area (Å²) in [6, 6.07) is 0. The van der Waals surface area contributed by atoms with Gasteiger partial charge in [-0.25, -0.2) is 0 Å². The molecule has 0 saturated carbocycles. The zero-order valence-electron chi connectivity index (χ0n) is 15.2. The molecule has 1 nitrogen and oxygen atoms in total. The highest BCUT2D eigenvalue weighted by molar-refractivity contribution is 9.09. The van der Waals surface area contributed by atoms with Crippen molar-refractivity contribution in [3.05, 3.63) is 0 Å². The summed E-state index contributed by atoms with van der Waals surface area (Å²) in [5, 5.41) is 0. The number of ketones is 1. The van der Waals surface area contributed by atoms with E-state index in [1.807, 2.05) is 0 Å². The molecule has 0 aliphatic heterocycles. The predicted molar refractivity (Wildman–Crippen MR) is 98.1 cm³/mol. The molecule has 0 bridgehead atoms. The van der Waals surface area contributed by atoms with Crippen LogP contribution in [0.5, 0.6) is 0 Å². The van der Waals surface area contributed by atoms with Gasteiger partial charge in [-0.15, -0.1) is 0 Å². The Morgan fingerprint density at radius 3 is 1.95 bits per heavy atom. The van der Waals surface area contributed by atoms with Crippen LogP contribution in [0.25, 0.3) is 0 Å². The van der Waals surface area contributed by atoms with E-state index >= 15 is 0 Å². The second-order valence-corrected chi connectivity index (χ2v) is 8.07. The molecule has 0 aromatic heterocycles. The lowest BCUT2D eigenvalue weighted by molar-refractivity contribution is -0.129. The van der Waals surface area contributed by atoms with Gasteiger partial charge in [-0.3, -0.25) is 4.79 Å². The van der Waals surface area contributed by atoms with E-state index in [2.05, 4.69) is 50.5 Å². The molecule has 0 radical (unpaired) electrons. The van der Waals surface area contributed by atoms with Crippen molar-refractivity contribution >= 4 is 21.7 Å². The van der Waals surface area contributed by atoms with Gasteiger partial charge in [0.1, 0.15) is 5.78 Å². The van der Waals surface area contributed by atoms with Crippen LogP contribution in [0.3, 0.4) is 0 Å². The average molecular weight is 361 g/mol. The average Bonchev–Trinajstić information content (AvgIpc) is 2.44. The Labute approximate surface area is 141 Å². The van der Waals surface area contributed by atoms with Gasteiger partial charge in [0.05, 0.1) is 0 Å². The first kappa shape index (κ1) is 21.1. The van der Waals surface area contributed by atoms with E-state index in [0.29, 0.717) is 16.5 Å². The summed E-state index contributed by atoms with van der Waals surface area (Å²) in [4.78, 5) is 12.9. The summed E-state index contributed by atoms with van der Waals surface area (Å²) in [6.45, 7) is 13.0. The molecular formula is C19H37BrO. The Morgan fingerprint density at radius 2 is 1.57 bits per heavy atom. The van der Waals surface area contributed by atoms with Crippen LogP contribution in [0.1, 0.15) is 92.9 Å². The predicted octanol–water partition coefficient (Wildman–Crippen LogP) is 6.78. The summed E-state index contributed by atoms with van der Waals surface area (Å²) in [7, 11) is 0. The number of carbonyl (C=O) groups is 1.